The maximum absolute atomic E-state index is 11.4. The molecule has 6 heteroatoms. The number of imide groups is 1. The molecule has 6 nitrogen and oxygen atoms in total. The van der Waals surface area contributed by atoms with E-state index in [-0.39, 0.29) is 0 Å². The van der Waals surface area contributed by atoms with Gasteiger partial charge in [0.25, 0.3) is 5.91 Å². The lowest BCUT2D eigenvalue weighted by Gasteiger charge is -2.01. The molecule has 88 valence electrons. The minimum atomic E-state index is -0.804. The van der Waals surface area contributed by atoms with Crippen LogP contribution < -0.4 is 10.6 Å². The highest BCUT2D eigenvalue weighted by Gasteiger charge is 2.33. The molecule has 1 aromatic rings. The van der Waals surface area contributed by atoms with Crippen LogP contribution in [0.3, 0.4) is 0 Å². The molecular weight excluding hydrogens is 222 g/mol. The van der Waals surface area contributed by atoms with Gasteiger partial charge in [0, 0.05) is 12.3 Å². The number of aliphatic imine (C=N–C) groups is 1. The molecule has 1 atom stereocenters. The smallest absolute Gasteiger partial charge is 0.322 e. The summed E-state index contributed by atoms with van der Waals surface area (Å²) < 4.78 is 5.41. The molecule has 1 unspecified atom stereocenters. The Balaban J connectivity index is 2.36. The first-order valence-corrected chi connectivity index (χ1v) is 5.02. The number of urea groups is 1. The van der Waals surface area contributed by atoms with Crippen LogP contribution in [0.2, 0.25) is 0 Å². The first-order valence-electron chi connectivity index (χ1n) is 5.02. The van der Waals surface area contributed by atoms with Gasteiger partial charge in [-0.25, -0.2) is 4.79 Å². The van der Waals surface area contributed by atoms with Gasteiger partial charge in [-0.2, -0.15) is 0 Å². The van der Waals surface area contributed by atoms with Gasteiger partial charge in [0.2, 0.25) is 0 Å². The fourth-order valence-corrected chi connectivity index (χ4v) is 1.56. The van der Waals surface area contributed by atoms with Gasteiger partial charge in [0.05, 0.1) is 0 Å². The van der Waals surface area contributed by atoms with Gasteiger partial charge in [-0.3, -0.25) is 15.1 Å². The average Bonchev–Trinajstić information content (AvgIpc) is 2.82. The van der Waals surface area contributed by atoms with Crippen molar-refractivity contribution in [1.29, 1.82) is 0 Å². The van der Waals surface area contributed by atoms with E-state index in [0.717, 1.165) is 0 Å². The highest BCUT2D eigenvalue weighted by atomic mass is 16.3. The summed E-state index contributed by atoms with van der Waals surface area (Å²) in [7, 11) is 0. The summed E-state index contributed by atoms with van der Waals surface area (Å²) in [4.78, 5) is 26.5. The van der Waals surface area contributed by atoms with Crippen molar-refractivity contribution in [3.8, 4) is 0 Å². The van der Waals surface area contributed by atoms with Gasteiger partial charge >= 0.3 is 6.03 Å². The number of nitrogens with zero attached hydrogens (tertiary/aromatic N) is 1. The van der Waals surface area contributed by atoms with Crippen molar-refractivity contribution < 1.29 is 14.0 Å². The highest BCUT2D eigenvalue weighted by molar-refractivity contribution is 6.04. The number of carbonyl (C=O) groups excluding carboxylic acids is 2. The molecule has 1 aliphatic heterocycles. The van der Waals surface area contributed by atoms with Gasteiger partial charge in [0.1, 0.15) is 11.4 Å². The van der Waals surface area contributed by atoms with Crippen LogP contribution in [0.1, 0.15) is 24.5 Å². The molecule has 0 saturated carbocycles. The monoisotopic (exact) mass is 233 g/mol. The molecule has 0 aromatic carbocycles. The summed E-state index contributed by atoms with van der Waals surface area (Å²) >= 11 is 0. The summed E-state index contributed by atoms with van der Waals surface area (Å²) in [6.45, 7) is 5.36. The number of amides is 3. The number of hydrogen-bond acceptors (Lipinski definition) is 4. The first kappa shape index (κ1) is 11.1. The number of furan rings is 1. The van der Waals surface area contributed by atoms with Crippen molar-refractivity contribution in [1.82, 2.24) is 10.6 Å². The Hall–Kier alpha value is -2.37. The van der Waals surface area contributed by atoms with E-state index in [1.54, 1.807) is 19.2 Å². The van der Waals surface area contributed by atoms with Crippen LogP contribution in [0.15, 0.2) is 22.1 Å². The van der Waals surface area contributed by atoms with Gasteiger partial charge in [-0.1, -0.05) is 6.58 Å². The van der Waals surface area contributed by atoms with Crippen molar-refractivity contribution in [3.05, 3.63) is 24.2 Å². The Kier molecular flexibility index (Phi) is 2.78. The Morgan fingerprint density at radius 2 is 2.29 bits per heavy atom. The Morgan fingerprint density at radius 3 is 2.82 bits per heavy atom. The second-order valence-corrected chi connectivity index (χ2v) is 3.39. The van der Waals surface area contributed by atoms with Crippen LogP contribution in [0.4, 0.5) is 10.5 Å². The number of hydrogen-bond donors (Lipinski definition) is 2. The normalized spacial score (nSPS) is 19.5. The van der Waals surface area contributed by atoms with Gasteiger partial charge in [-0.15, -0.1) is 0 Å². The molecule has 1 fully saturated rings. The molecular formula is C11H11N3O3. The molecule has 1 aliphatic rings. The maximum Gasteiger partial charge on any atom is 0.322 e. The van der Waals surface area contributed by atoms with Crippen molar-refractivity contribution in [2.24, 2.45) is 4.99 Å². The van der Waals surface area contributed by atoms with E-state index < -0.39 is 18.0 Å². The molecule has 0 spiro atoms. The number of nitrogens with one attached hydrogen (secondary N) is 2. The molecule has 1 aromatic heterocycles. The van der Waals surface area contributed by atoms with Crippen LogP contribution in [-0.4, -0.2) is 18.2 Å². The zero-order valence-corrected chi connectivity index (χ0v) is 9.19. The summed E-state index contributed by atoms with van der Waals surface area (Å²) in [6, 6.07) is 0.270. The van der Waals surface area contributed by atoms with Crippen LogP contribution in [-0.2, 0) is 4.79 Å². The lowest BCUT2D eigenvalue weighted by atomic mass is 10.2. The molecule has 0 radical (unpaired) electrons. The number of rotatable bonds is 3. The predicted molar refractivity (Wildman–Crippen MR) is 62.0 cm³/mol. The molecule has 3 amide bonds. The zero-order valence-electron chi connectivity index (χ0n) is 9.19. The van der Waals surface area contributed by atoms with Gasteiger partial charge in [0.15, 0.2) is 11.8 Å². The van der Waals surface area contributed by atoms with Crippen molar-refractivity contribution in [2.45, 2.75) is 13.0 Å². The maximum atomic E-state index is 11.4. The lowest BCUT2D eigenvalue weighted by molar-refractivity contribution is -0.120. The molecule has 2 rings (SSSR count). The summed E-state index contributed by atoms with van der Waals surface area (Å²) in [5.74, 6) is 0.363. The predicted octanol–water partition coefficient (Wildman–Crippen LogP) is 1.53. The van der Waals surface area contributed by atoms with Crippen molar-refractivity contribution in [3.63, 3.8) is 0 Å². The third kappa shape index (κ3) is 1.96. The Labute approximate surface area is 97.4 Å². The van der Waals surface area contributed by atoms with E-state index in [0.29, 0.717) is 17.2 Å². The summed E-state index contributed by atoms with van der Waals surface area (Å²) in [5.41, 5.74) is 0.575. The Bertz CT molecular complexity index is 516. The van der Waals surface area contributed by atoms with E-state index >= 15 is 0 Å². The van der Waals surface area contributed by atoms with Crippen LogP contribution >= 0.6 is 0 Å². The topological polar surface area (TPSA) is 83.7 Å². The van der Waals surface area contributed by atoms with E-state index in [9.17, 15) is 9.59 Å². The largest absolute Gasteiger partial charge is 0.457 e. The second kappa shape index (κ2) is 4.25. The average molecular weight is 233 g/mol. The fraction of sp³-hybridized carbons (Fsp3) is 0.182. The van der Waals surface area contributed by atoms with E-state index in [1.807, 2.05) is 0 Å². The zero-order chi connectivity index (χ0) is 12.4. The molecule has 1 saturated heterocycles. The van der Waals surface area contributed by atoms with E-state index in [2.05, 4.69) is 22.2 Å². The lowest BCUT2D eigenvalue weighted by Crippen LogP contribution is -2.22. The Morgan fingerprint density at radius 1 is 1.53 bits per heavy atom. The molecule has 2 N–H and O–H groups in total. The minimum absolute atomic E-state index is 0.337. The second-order valence-electron chi connectivity index (χ2n) is 3.39. The third-order valence-corrected chi connectivity index (χ3v) is 2.27. The number of carbonyl (C=O) groups is 2. The molecule has 17 heavy (non-hydrogen) atoms. The van der Waals surface area contributed by atoms with E-state index in [4.69, 9.17) is 4.42 Å². The standard InChI is InChI=1S/C11H11N3O3/c1-3-7-6(12-4-2)5-8(17-7)9-10(15)14-11(16)13-9/h3-5,9H,1H2,2H3,(H2,13,14,15,16). The molecule has 2 heterocycles. The molecule has 0 bridgehead atoms. The fourth-order valence-electron chi connectivity index (χ4n) is 1.56. The third-order valence-electron chi connectivity index (χ3n) is 2.27. The molecule has 0 aliphatic carbocycles. The minimum Gasteiger partial charge on any atom is -0.457 e. The first-order chi connectivity index (χ1) is 8.15. The highest BCUT2D eigenvalue weighted by Crippen LogP contribution is 2.29. The van der Waals surface area contributed by atoms with E-state index in [1.165, 1.54) is 6.08 Å². The van der Waals surface area contributed by atoms with Crippen LogP contribution in [0.5, 0.6) is 0 Å². The summed E-state index contributed by atoms with van der Waals surface area (Å²) in [6.07, 6.45) is 3.11. The quantitative estimate of drug-likeness (QED) is 0.613. The van der Waals surface area contributed by atoms with Gasteiger partial charge in [-0.05, 0) is 13.0 Å². The van der Waals surface area contributed by atoms with Crippen LogP contribution in [0.25, 0.3) is 6.08 Å². The SMILES string of the molecule is C=Cc1oc(C2NC(=O)NC2=O)cc1N=CC. The van der Waals surface area contributed by atoms with Crippen molar-refractivity contribution in [2.75, 3.05) is 0 Å². The summed E-state index contributed by atoms with van der Waals surface area (Å²) in [5, 5.41) is 4.58. The van der Waals surface area contributed by atoms with Crippen molar-refractivity contribution >= 4 is 29.9 Å². The van der Waals surface area contributed by atoms with Gasteiger partial charge < -0.3 is 9.73 Å². The van der Waals surface area contributed by atoms with Crippen LogP contribution in [0, 0.1) is 0 Å².